The molecule has 1 unspecified atom stereocenters. The van der Waals surface area contributed by atoms with Crippen molar-refractivity contribution in [3.8, 4) is 0 Å². The number of nitrogens with zero attached hydrogens (tertiary/aromatic N) is 2. The van der Waals surface area contributed by atoms with Crippen LogP contribution in [0.1, 0.15) is 41.9 Å². The van der Waals surface area contributed by atoms with E-state index in [0.717, 1.165) is 18.4 Å². The average Bonchev–Trinajstić information content (AvgIpc) is 2.80. The predicted molar refractivity (Wildman–Crippen MR) is 139 cm³/mol. The fourth-order valence-electron chi connectivity index (χ4n) is 4.56. The van der Waals surface area contributed by atoms with Gasteiger partial charge in [-0.25, -0.2) is 17.5 Å². The van der Waals surface area contributed by atoms with E-state index >= 15 is 0 Å². The van der Waals surface area contributed by atoms with Crippen LogP contribution in [-0.2, 0) is 27.5 Å². The molecular weight excluding hydrogens is 569 g/mol. The monoisotopic (exact) mass is 597 g/mol. The van der Waals surface area contributed by atoms with E-state index < -0.39 is 33.5 Å². The van der Waals surface area contributed by atoms with E-state index in [4.69, 9.17) is 23.2 Å². The summed E-state index contributed by atoms with van der Waals surface area (Å²) in [6, 6.07) is 7.37. The van der Waals surface area contributed by atoms with Crippen molar-refractivity contribution in [2.24, 2.45) is 0 Å². The Hall–Kier alpha value is -1.92. The molecule has 1 N–H and O–H groups in total. The molecule has 0 spiro atoms. The van der Waals surface area contributed by atoms with Crippen LogP contribution in [0.15, 0.2) is 36.4 Å². The highest BCUT2D eigenvalue weighted by Gasteiger charge is 2.34. The number of likely N-dealkylation sites (N-methyl/N-ethyl adjacent to an activating group) is 1. The van der Waals surface area contributed by atoms with Gasteiger partial charge in [0.1, 0.15) is 5.82 Å². The van der Waals surface area contributed by atoms with Gasteiger partial charge in [0.25, 0.3) is 0 Å². The molecule has 6 nitrogen and oxygen atoms in total. The van der Waals surface area contributed by atoms with Crippen LogP contribution in [0.5, 0.6) is 0 Å². The molecule has 0 bridgehead atoms. The Morgan fingerprint density at radius 3 is 2.34 bits per heavy atom. The Morgan fingerprint density at radius 1 is 1.13 bits per heavy atom. The normalized spacial score (nSPS) is 16.4. The number of nitrogens with one attached hydrogen (secondary N) is 1. The van der Waals surface area contributed by atoms with Crippen LogP contribution in [0.4, 0.5) is 17.6 Å². The highest BCUT2D eigenvalue weighted by atomic mass is 35.5. The molecule has 0 aromatic heterocycles. The van der Waals surface area contributed by atoms with Gasteiger partial charge < -0.3 is 9.80 Å². The predicted octanol–water partition coefficient (Wildman–Crippen LogP) is 5.30. The summed E-state index contributed by atoms with van der Waals surface area (Å²) in [6.45, 7) is 1.76. The maximum absolute atomic E-state index is 14.1. The van der Waals surface area contributed by atoms with Crippen LogP contribution in [0.3, 0.4) is 0 Å². The second-order valence-corrected chi connectivity index (χ2v) is 12.1. The lowest BCUT2D eigenvalue weighted by Gasteiger charge is -2.33. The molecule has 210 valence electrons. The molecule has 0 radical (unpaired) electrons. The van der Waals surface area contributed by atoms with Gasteiger partial charge >= 0.3 is 6.18 Å². The third-order valence-electron chi connectivity index (χ3n) is 6.48. The van der Waals surface area contributed by atoms with Gasteiger partial charge in [-0.2, -0.15) is 13.2 Å². The van der Waals surface area contributed by atoms with Gasteiger partial charge in [0, 0.05) is 19.6 Å². The summed E-state index contributed by atoms with van der Waals surface area (Å²) in [5.41, 5.74) is -0.511. The molecule has 1 amide bonds. The summed E-state index contributed by atoms with van der Waals surface area (Å²) < 4.78 is 78.4. The van der Waals surface area contributed by atoms with Crippen molar-refractivity contribution in [3.05, 3.63) is 69.0 Å². The summed E-state index contributed by atoms with van der Waals surface area (Å²) in [5.74, 6) is -2.34. The number of piperidine rings is 1. The van der Waals surface area contributed by atoms with Crippen molar-refractivity contribution in [2.75, 3.05) is 32.9 Å². The summed E-state index contributed by atoms with van der Waals surface area (Å²) in [6.07, 6.45) is -2.00. The molecule has 2 aromatic carbocycles. The molecule has 0 aliphatic carbocycles. The zero-order chi connectivity index (χ0) is 28.3. The molecule has 13 heteroatoms. The van der Waals surface area contributed by atoms with Crippen molar-refractivity contribution in [3.63, 3.8) is 0 Å². The second kappa shape index (κ2) is 12.5. The molecule has 2 aromatic rings. The van der Waals surface area contributed by atoms with Crippen LogP contribution in [0.2, 0.25) is 10.0 Å². The topological polar surface area (TPSA) is 69.7 Å². The quantitative estimate of drug-likeness (QED) is 0.398. The van der Waals surface area contributed by atoms with Gasteiger partial charge in [-0.15, -0.1) is 0 Å². The van der Waals surface area contributed by atoms with Crippen molar-refractivity contribution >= 4 is 39.1 Å². The maximum atomic E-state index is 14.1. The Balaban J connectivity index is 1.72. The summed E-state index contributed by atoms with van der Waals surface area (Å²) in [7, 11) is -1.79. The molecule has 1 saturated heterocycles. The van der Waals surface area contributed by atoms with Crippen LogP contribution < -0.4 is 4.72 Å². The minimum Gasteiger partial charge on any atom is -0.341 e. The second-order valence-electron chi connectivity index (χ2n) is 9.53. The van der Waals surface area contributed by atoms with Crippen molar-refractivity contribution in [1.29, 1.82) is 0 Å². The van der Waals surface area contributed by atoms with E-state index in [1.165, 1.54) is 11.9 Å². The number of sulfonamides is 1. The van der Waals surface area contributed by atoms with Crippen LogP contribution in [0, 0.1) is 5.82 Å². The Kier molecular flexibility index (Phi) is 10.1. The van der Waals surface area contributed by atoms with Gasteiger partial charge in [-0.3, -0.25) is 4.79 Å². The van der Waals surface area contributed by atoms with E-state index in [1.807, 2.05) is 0 Å². The number of rotatable bonds is 9. The van der Waals surface area contributed by atoms with E-state index in [1.54, 1.807) is 18.2 Å². The van der Waals surface area contributed by atoms with Gasteiger partial charge in [-0.05, 0) is 74.3 Å². The number of carbonyl (C=O) groups is 1. The van der Waals surface area contributed by atoms with Crippen LogP contribution >= 0.6 is 23.2 Å². The number of hydrogen-bond donors (Lipinski definition) is 1. The molecule has 1 fully saturated rings. The SMILES string of the molecule is CN(Cc1ccc(C(F)(F)F)c(F)c1)C(=O)C(CCN1CCC(NS(C)(=O)=O)CC1)c1ccc(Cl)c(Cl)c1. The van der Waals surface area contributed by atoms with E-state index in [-0.39, 0.29) is 29.1 Å². The van der Waals surface area contributed by atoms with Crippen molar-refractivity contribution < 1.29 is 30.8 Å². The lowest BCUT2D eigenvalue weighted by molar-refractivity contribution is -0.140. The van der Waals surface area contributed by atoms with E-state index in [9.17, 15) is 30.8 Å². The van der Waals surface area contributed by atoms with Crippen LogP contribution in [0.25, 0.3) is 0 Å². The molecule has 1 aliphatic rings. The molecule has 1 aliphatic heterocycles. The minimum atomic E-state index is -4.81. The third-order valence-corrected chi connectivity index (χ3v) is 7.98. The molecule has 3 rings (SSSR count). The minimum absolute atomic E-state index is 0.0890. The first kappa shape index (κ1) is 30.6. The summed E-state index contributed by atoms with van der Waals surface area (Å²) >= 11 is 12.3. The first-order valence-electron chi connectivity index (χ1n) is 11.9. The number of alkyl halides is 3. The fraction of sp³-hybridized carbons (Fsp3) is 0.480. The lowest BCUT2D eigenvalue weighted by atomic mass is 9.93. The summed E-state index contributed by atoms with van der Waals surface area (Å²) in [5, 5.41) is 0.609. The number of halogens is 6. The Bertz CT molecular complexity index is 1250. The van der Waals surface area contributed by atoms with Gasteiger partial charge in [0.15, 0.2) is 0 Å². The van der Waals surface area contributed by atoms with E-state index in [2.05, 4.69) is 9.62 Å². The molecule has 38 heavy (non-hydrogen) atoms. The fourth-order valence-corrected chi connectivity index (χ4v) is 5.70. The first-order valence-corrected chi connectivity index (χ1v) is 14.5. The number of likely N-dealkylation sites (tertiary alicyclic amines) is 1. The van der Waals surface area contributed by atoms with Gasteiger partial charge in [0.05, 0.1) is 27.8 Å². The molecule has 1 heterocycles. The molecule has 0 saturated carbocycles. The highest BCUT2D eigenvalue weighted by Crippen LogP contribution is 2.33. The number of amides is 1. The van der Waals surface area contributed by atoms with Gasteiger partial charge in [-0.1, -0.05) is 35.3 Å². The Morgan fingerprint density at radius 2 is 1.79 bits per heavy atom. The smallest absolute Gasteiger partial charge is 0.341 e. The van der Waals surface area contributed by atoms with Crippen LogP contribution in [-0.4, -0.2) is 63.1 Å². The Labute approximate surface area is 229 Å². The third kappa shape index (κ3) is 8.54. The zero-order valence-corrected chi connectivity index (χ0v) is 23.2. The molecular formula is C25H29Cl2F4N3O3S. The number of hydrogen-bond acceptors (Lipinski definition) is 4. The zero-order valence-electron chi connectivity index (χ0n) is 20.9. The lowest BCUT2D eigenvalue weighted by Crippen LogP contribution is -2.45. The van der Waals surface area contributed by atoms with Gasteiger partial charge in [0.2, 0.25) is 15.9 Å². The standard InChI is InChI=1S/C25H29Cl2F4N3O3S/c1-33(15-16-3-5-20(23(28)13-16)25(29,30)31)24(35)19(17-4-6-21(26)22(27)14-17)9-12-34-10-7-18(8-11-34)32-38(2,36)37/h3-6,13-14,18-19,32H,7-12,15H2,1-2H3. The van der Waals surface area contributed by atoms with Crippen molar-refractivity contribution in [1.82, 2.24) is 14.5 Å². The number of carbonyl (C=O) groups excluding carboxylic acids is 1. The summed E-state index contributed by atoms with van der Waals surface area (Å²) in [4.78, 5) is 17.0. The largest absolute Gasteiger partial charge is 0.419 e. The van der Waals surface area contributed by atoms with Crippen molar-refractivity contribution in [2.45, 2.75) is 43.9 Å². The average molecular weight is 598 g/mol. The highest BCUT2D eigenvalue weighted by molar-refractivity contribution is 7.88. The maximum Gasteiger partial charge on any atom is 0.419 e. The van der Waals surface area contributed by atoms with E-state index in [0.29, 0.717) is 55.5 Å². The molecule has 1 atom stereocenters. The first-order chi connectivity index (χ1) is 17.6. The number of benzene rings is 2.